The van der Waals surface area contributed by atoms with Crippen LogP contribution in [0.5, 0.6) is 5.75 Å². The molecule has 0 radical (unpaired) electrons. The number of carboxylic acid groups (broad SMARTS) is 1. The maximum absolute atomic E-state index is 10.9. The van der Waals surface area contributed by atoms with E-state index >= 15 is 0 Å². The summed E-state index contributed by atoms with van der Waals surface area (Å²) in [6.07, 6.45) is 6.82. The third-order valence-electron chi connectivity index (χ3n) is 3.91. The molecular weight excluding hydrogens is 216 g/mol. The van der Waals surface area contributed by atoms with Crippen LogP contribution in [-0.2, 0) is 6.42 Å². The van der Waals surface area contributed by atoms with Crippen molar-refractivity contribution in [2.75, 3.05) is 0 Å². The van der Waals surface area contributed by atoms with Gasteiger partial charge in [-0.1, -0.05) is 6.42 Å². The Hall–Kier alpha value is -1.51. The molecule has 1 spiro atoms. The lowest BCUT2D eigenvalue weighted by Crippen LogP contribution is -2.36. The molecule has 3 rings (SSSR count). The van der Waals surface area contributed by atoms with Crippen LogP contribution in [-0.4, -0.2) is 16.7 Å². The molecule has 1 aromatic carbocycles. The van der Waals surface area contributed by atoms with E-state index in [9.17, 15) is 4.79 Å². The number of rotatable bonds is 1. The zero-order valence-corrected chi connectivity index (χ0v) is 9.74. The van der Waals surface area contributed by atoms with E-state index in [2.05, 4.69) is 0 Å². The Labute approximate surface area is 100 Å². The van der Waals surface area contributed by atoms with Gasteiger partial charge in [-0.2, -0.15) is 0 Å². The Bertz CT molecular complexity index is 459. The van der Waals surface area contributed by atoms with Gasteiger partial charge >= 0.3 is 5.97 Å². The number of aromatic carboxylic acids is 1. The molecule has 1 fully saturated rings. The molecule has 2 aliphatic rings. The average Bonchev–Trinajstić information content (AvgIpc) is 2.66. The summed E-state index contributed by atoms with van der Waals surface area (Å²) >= 11 is 0. The maximum atomic E-state index is 10.9. The number of fused-ring (bicyclic) bond motifs is 1. The van der Waals surface area contributed by atoms with Crippen molar-refractivity contribution < 1.29 is 14.6 Å². The average molecular weight is 232 g/mol. The van der Waals surface area contributed by atoms with Crippen LogP contribution in [0.4, 0.5) is 0 Å². The first-order valence-corrected chi connectivity index (χ1v) is 6.24. The van der Waals surface area contributed by atoms with Crippen molar-refractivity contribution in [3.63, 3.8) is 0 Å². The SMILES string of the molecule is O=C(O)c1ccc2c(c1)CC1(CCCCC1)O2. The van der Waals surface area contributed by atoms with Gasteiger partial charge in [-0.25, -0.2) is 4.79 Å². The summed E-state index contributed by atoms with van der Waals surface area (Å²) in [7, 11) is 0. The highest BCUT2D eigenvalue weighted by atomic mass is 16.5. The summed E-state index contributed by atoms with van der Waals surface area (Å²) < 4.78 is 6.08. The Morgan fingerprint density at radius 1 is 1.24 bits per heavy atom. The Balaban J connectivity index is 1.89. The van der Waals surface area contributed by atoms with E-state index in [1.54, 1.807) is 12.1 Å². The van der Waals surface area contributed by atoms with E-state index < -0.39 is 5.97 Å². The van der Waals surface area contributed by atoms with Crippen LogP contribution >= 0.6 is 0 Å². The van der Waals surface area contributed by atoms with Gasteiger partial charge in [0.1, 0.15) is 11.4 Å². The molecule has 1 heterocycles. The zero-order valence-electron chi connectivity index (χ0n) is 9.74. The zero-order chi connectivity index (χ0) is 11.9. The molecule has 1 saturated carbocycles. The normalized spacial score (nSPS) is 20.9. The van der Waals surface area contributed by atoms with Crippen molar-refractivity contribution in [1.82, 2.24) is 0 Å². The minimum Gasteiger partial charge on any atom is -0.487 e. The van der Waals surface area contributed by atoms with Gasteiger partial charge in [0, 0.05) is 6.42 Å². The highest BCUT2D eigenvalue weighted by Crippen LogP contribution is 2.43. The molecule has 90 valence electrons. The molecule has 0 unspecified atom stereocenters. The summed E-state index contributed by atoms with van der Waals surface area (Å²) in [4.78, 5) is 10.9. The minimum atomic E-state index is -0.864. The van der Waals surface area contributed by atoms with E-state index in [0.29, 0.717) is 5.56 Å². The number of hydrogen-bond donors (Lipinski definition) is 1. The van der Waals surface area contributed by atoms with Crippen LogP contribution in [0.25, 0.3) is 0 Å². The summed E-state index contributed by atoms with van der Waals surface area (Å²) in [6.45, 7) is 0. The van der Waals surface area contributed by atoms with Gasteiger partial charge in [-0.15, -0.1) is 0 Å². The van der Waals surface area contributed by atoms with E-state index in [4.69, 9.17) is 9.84 Å². The smallest absolute Gasteiger partial charge is 0.335 e. The van der Waals surface area contributed by atoms with E-state index in [1.165, 1.54) is 19.3 Å². The number of benzene rings is 1. The number of ether oxygens (including phenoxy) is 1. The molecule has 1 aliphatic heterocycles. The van der Waals surface area contributed by atoms with E-state index in [0.717, 1.165) is 30.6 Å². The van der Waals surface area contributed by atoms with Crippen LogP contribution in [0.3, 0.4) is 0 Å². The van der Waals surface area contributed by atoms with Crippen LogP contribution in [0.15, 0.2) is 18.2 Å². The number of carboxylic acids is 1. The van der Waals surface area contributed by atoms with Gasteiger partial charge in [0.2, 0.25) is 0 Å². The van der Waals surface area contributed by atoms with Crippen molar-refractivity contribution in [1.29, 1.82) is 0 Å². The molecule has 3 nitrogen and oxygen atoms in total. The molecule has 0 saturated heterocycles. The molecule has 1 N–H and O–H groups in total. The van der Waals surface area contributed by atoms with Crippen molar-refractivity contribution in [2.45, 2.75) is 44.1 Å². The van der Waals surface area contributed by atoms with Gasteiger partial charge in [0.15, 0.2) is 0 Å². The summed E-state index contributed by atoms with van der Waals surface area (Å²) in [5.41, 5.74) is 1.39. The molecule has 17 heavy (non-hydrogen) atoms. The third kappa shape index (κ3) is 1.79. The minimum absolute atomic E-state index is 0.0300. The highest BCUT2D eigenvalue weighted by Gasteiger charge is 2.40. The lowest BCUT2D eigenvalue weighted by atomic mass is 9.82. The second kappa shape index (κ2) is 3.76. The standard InChI is InChI=1S/C14H16O3/c15-13(16)10-4-5-12-11(8-10)9-14(17-12)6-2-1-3-7-14/h4-5,8H,1-3,6-7,9H2,(H,15,16). The molecule has 0 atom stereocenters. The van der Waals surface area contributed by atoms with Crippen molar-refractivity contribution in [3.05, 3.63) is 29.3 Å². The third-order valence-corrected chi connectivity index (χ3v) is 3.91. The first kappa shape index (κ1) is 10.6. The van der Waals surface area contributed by atoms with Crippen molar-refractivity contribution >= 4 is 5.97 Å². The number of carbonyl (C=O) groups is 1. The molecular formula is C14H16O3. The summed E-state index contributed by atoms with van der Waals surface area (Å²) in [5, 5.41) is 8.98. The Kier molecular flexibility index (Phi) is 2.35. The molecule has 1 aromatic rings. The topological polar surface area (TPSA) is 46.5 Å². The second-order valence-electron chi connectivity index (χ2n) is 5.15. The summed E-state index contributed by atoms with van der Waals surface area (Å²) in [6, 6.07) is 5.20. The lowest BCUT2D eigenvalue weighted by Gasteiger charge is -2.32. The summed E-state index contributed by atoms with van der Waals surface area (Å²) in [5.74, 6) is 0.0225. The maximum Gasteiger partial charge on any atom is 0.335 e. The highest BCUT2D eigenvalue weighted by molar-refractivity contribution is 5.88. The van der Waals surface area contributed by atoms with Crippen molar-refractivity contribution in [3.8, 4) is 5.75 Å². The quantitative estimate of drug-likeness (QED) is 0.809. The first-order chi connectivity index (χ1) is 8.19. The van der Waals surface area contributed by atoms with Crippen molar-refractivity contribution in [2.24, 2.45) is 0 Å². The molecule has 0 bridgehead atoms. The Morgan fingerprint density at radius 2 is 2.00 bits per heavy atom. The van der Waals surface area contributed by atoms with Crippen LogP contribution in [0, 0.1) is 0 Å². The van der Waals surface area contributed by atoms with Crippen LogP contribution in [0.2, 0.25) is 0 Å². The fourth-order valence-electron chi connectivity index (χ4n) is 3.04. The predicted octanol–water partition coefficient (Wildman–Crippen LogP) is 3.02. The molecule has 0 amide bonds. The van der Waals surface area contributed by atoms with Gasteiger partial charge < -0.3 is 9.84 Å². The van der Waals surface area contributed by atoms with Gasteiger partial charge in [0.05, 0.1) is 5.56 Å². The largest absolute Gasteiger partial charge is 0.487 e. The fraction of sp³-hybridized carbons (Fsp3) is 0.500. The monoisotopic (exact) mass is 232 g/mol. The molecule has 1 aliphatic carbocycles. The van der Waals surface area contributed by atoms with Crippen LogP contribution in [0.1, 0.15) is 48.0 Å². The van der Waals surface area contributed by atoms with Gasteiger partial charge in [-0.05, 0) is 49.4 Å². The van der Waals surface area contributed by atoms with E-state index in [-0.39, 0.29) is 5.60 Å². The van der Waals surface area contributed by atoms with Gasteiger partial charge in [0.25, 0.3) is 0 Å². The lowest BCUT2D eigenvalue weighted by molar-refractivity contribution is 0.0529. The van der Waals surface area contributed by atoms with Gasteiger partial charge in [-0.3, -0.25) is 0 Å². The fourth-order valence-corrected chi connectivity index (χ4v) is 3.04. The number of hydrogen-bond acceptors (Lipinski definition) is 2. The molecule has 3 heteroatoms. The first-order valence-electron chi connectivity index (χ1n) is 6.24. The van der Waals surface area contributed by atoms with E-state index in [1.807, 2.05) is 6.07 Å². The molecule has 0 aromatic heterocycles. The Morgan fingerprint density at radius 3 is 2.71 bits per heavy atom. The van der Waals surface area contributed by atoms with Crippen LogP contribution < -0.4 is 4.74 Å². The predicted molar refractivity (Wildman–Crippen MR) is 63.5 cm³/mol. The second-order valence-corrected chi connectivity index (χ2v) is 5.15.